The van der Waals surface area contributed by atoms with Crippen molar-refractivity contribution in [3.63, 3.8) is 0 Å². The van der Waals surface area contributed by atoms with Gasteiger partial charge in [0, 0.05) is 12.2 Å². The molecule has 3 N–H and O–H groups in total. The first-order chi connectivity index (χ1) is 11.4. The molecule has 0 unspecified atom stereocenters. The van der Waals surface area contributed by atoms with E-state index in [0.29, 0.717) is 23.8 Å². The molecule has 2 aromatic rings. The Morgan fingerprint density at radius 2 is 1.50 bits per heavy atom. The minimum Gasteiger partial charge on any atom is -0.493 e. The van der Waals surface area contributed by atoms with Crippen LogP contribution in [-0.2, 0) is 16.6 Å². The number of hydrogen-bond acceptors (Lipinski definition) is 6. The van der Waals surface area contributed by atoms with Crippen molar-refractivity contribution in [2.75, 3.05) is 26.6 Å². The first kappa shape index (κ1) is 17.9. The summed E-state index contributed by atoms with van der Waals surface area (Å²) in [5.74, 6) is 1.66. The van der Waals surface area contributed by atoms with Crippen LogP contribution in [0.3, 0.4) is 0 Å². The molecule has 7 nitrogen and oxygen atoms in total. The largest absolute Gasteiger partial charge is 0.493 e. The molecule has 0 amide bonds. The summed E-state index contributed by atoms with van der Waals surface area (Å²) in [4.78, 5) is 0.0702. The maximum absolute atomic E-state index is 11.2. The second kappa shape index (κ2) is 7.41. The number of primary sulfonamides is 1. The molecule has 0 atom stereocenters. The lowest BCUT2D eigenvalue weighted by molar-refractivity contribution is 0.324. The van der Waals surface area contributed by atoms with Crippen molar-refractivity contribution in [1.29, 1.82) is 0 Å². The Kier molecular flexibility index (Phi) is 5.53. The molecule has 0 aliphatic rings. The predicted octanol–water partition coefficient (Wildman–Crippen LogP) is 1.97. The van der Waals surface area contributed by atoms with E-state index in [0.717, 1.165) is 11.3 Å². The standard InChI is InChI=1S/C16H20N2O5S/c1-21-14-8-11(9-15(22-2)16(14)23-3)10-18-12-4-6-13(7-5-12)24(17,19)20/h4-9,18H,10H2,1-3H3,(H2,17,19,20). The van der Waals surface area contributed by atoms with E-state index in [1.807, 2.05) is 12.1 Å². The average molecular weight is 352 g/mol. The quantitative estimate of drug-likeness (QED) is 0.790. The Hall–Kier alpha value is -2.45. The van der Waals surface area contributed by atoms with E-state index in [2.05, 4.69) is 5.32 Å². The van der Waals surface area contributed by atoms with Gasteiger partial charge >= 0.3 is 0 Å². The molecule has 0 aromatic heterocycles. The van der Waals surface area contributed by atoms with Crippen LogP contribution < -0.4 is 24.7 Å². The van der Waals surface area contributed by atoms with Crippen LogP contribution in [0.4, 0.5) is 5.69 Å². The third-order valence-electron chi connectivity index (χ3n) is 3.40. The van der Waals surface area contributed by atoms with Gasteiger partial charge in [-0.05, 0) is 42.0 Å². The number of nitrogens with one attached hydrogen (secondary N) is 1. The molecule has 0 heterocycles. The van der Waals surface area contributed by atoms with Gasteiger partial charge in [0.15, 0.2) is 11.5 Å². The Balaban J connectivity index is 2.17. The summed E-state index contributed by atoms with van der Waals surface area (Å²) in [6, 6.07) is 9.88. The van der Waals surface area contributed by atoms with Gasteiger partial charge in [-0.1, -0.05) is 0 Å². The third-order valence-corrected chi connectivity index (χ3v) is 4.33. The number of ether oxygens (including phenoxy) is 3. The van der Waals surface area contributed by atoms with Crippen molar-refractivity contribution in [2.45, 2.75) is 11.4 Å². The highest BCUT2D eigenvalue weighted by Gasteiger charge is 2.13. The van der Waals surface area contributed by atoms with Crippen LogP contribution in [0.25, 0.3) is 0 Å². The fourth-order valence-corrected chi connectivity index (χ4v) is 2.72. The van der Waals surface area contributed by atoms with Crippen LogP contribution in [0, 0.1) is 0 Å². The summed E-state index contributed by atoms with van der Waals surface area (Å²) in [6.07, 6.45) is 0. The van der Waals surface area contributed by atoms with E-state index in [4.69, 9.17) is 19.3 Å². The number of hydrogen-bond donors (Lipinski definition) is 2. The zero-order chi connectivity index (χ0) is 17.7. The molecule has 8 heteroatoms. The van der Waals surface area contributed by atoms with E-state index >= 15 is 0 Å². The van der Waals surface area contributed by atoms with Crippen LogP contribution in [0.2, 0.25) is 0 Å². The van der Waals surface area contributed by atoms with Gasteiger partial charge in [0.2, 0.25) is 15.8 Å². The fourth-order valence-electron chi connectivity index (χ4n) is 2.20. The summed E-state index contributed by atoms with van der Waals surface area (Å²) in [5, 5.41) is 8.27. The van der Waals surface area contributed by atoms with Crippen molar-refractivity contribution >= 4 is 15.7 Å². The van der Waals surface area contributed by atoms with Crippen molar-refractivity contribution in [3.05, 3.63) is 42.0 Å². The molecular formula is C16H20N2O5S. The second-order valence-corrected chi connectivity index (χ2v) is 6.52. The molecule has 2 rings (SSSR count). The first-order valence-electron chi connectivity index (χ1n) is 7.04. The highest BCUT2D eigenvalue weighted by molar-refractivity contribution is 7.89. The van der Waals surface area contributed by atoms with Crippen molar-refractivity contribution in [1.82, 2.24) is 0 Å². The number of anilines is 1. The Bertz CT molecular complexity index is 779. The lowest BCUT2D eigenvalue weighted by Crippen LogP contribution is -2.12. The maximum Gasteiger partial charge on any atom is 0.238 e. The number of methoxy groups -OCH3 is 3. The topological polar surface area (TPSA) is 99.9 Å². The van der Waals surface area contributed by atoms with Gasteiger partial charge in [-0.2, -0.15) is 0 Å². The lowest BCUT2D eigenvalue weighted by Gasteiger charge is -2.15. The fraction of sp³-hybridized carbons (Fsp3) is 0.250. The summed E-state index contributed by atoms with van der Waals surface area (Å²) < 4.78 is 38.4. The zero-order valence-electron chi connectivity index (χ0n) is 13.7. The van der Waals surface area contributed by atoms with E-state index in [9.17, 15) is 8.42 Å². The van der Waals surface area contributed by atoms with Crippen LogP contribution in [0.15, 0.2) is 41.3 Å². The molecule has 0 aliphatic carbocycles. The molecule has 0 saturated carbocycles. The number of sulfonamides is 1. The second-order valence-electron chi connectivity index (χ2n) is 4.96. The minimum absolute atomic E-state index is 0.0702. The molecular weight excluding hydrogens is 332 g/mol. The third kappa shape index (κ3) is 4.09. The highest BCUT2D eigenvalue weighted by atomic mass is 32.2. The van der Waals surface area contributed by atoms with Crippen molar-refractivity contribution in [2.24, 2.45) is 5.14 Å². The summed E-state index contributed by atoms with van der Waals surface area (Å²) in [7, 11) is 0.972. The van der Waals surface area contributed by atoms with Gasteiger partial charge in [0.25, 0.3) is 0 Å². The molecule has 0 spiro atoms. The summed E-state index contributed by atoms with van der Waals surface area (Å²) in [6.45, 7) is 0.492. The van der Waals surface area contributed by atoms with Crippen LogP contribution in [0.1, 0.15) is 5.56 Å². The monoisotopic (exact) mass is 352 g/mol. The Labute approximate surface area is 141 Å². The Morgan fingerprint density at radius 1 is 0.958 bits per heavy atom. The maximum atomic E-state index is 11.2. The van der Waals surface area contributed by atoms with E-state index in [-0.39, 0.29) is 4.90 Å². The van der Waals surface area contributed by atoms with Crippen LogP contribution in [0.5, 0.6) is 17.2 Å². The van der Waals surface area contributed by atoms with Crippen LogP contribution in [-0.4, -0.2) is 29.7 Å². The molecule has 24 heavy (non-hydrogen) atoms. The summed E-state index contributed by atoms with van der Waals surface area (Å²) >= 11 is 0. The van der Waals surface area contributed by atoms with Gasteiger partial charge in [0.05, 0.1) is 26.2 Å². The summed E-state index contributed by atoms with van der Waals surface area (Å²) in [5.41, 5.74) is 1.68. The first-order valence-corrected chi connectivity index (χ1v) is 8.59. The Morgan fingerprint density at radius 3 is 1.92 bits per heavy atom. The molecule has 2 aromatic carbocycles. The predicted molar refractivity (Wildman–Crippen MR) is 91.2 cm³/mol. The lowest BCUT2D eigenvalue weighted by atomic mass is 10.1. The van der Waals surface area contributed by atoms with E-state index < -0.39 is 10.0 Å². The molecule has 130 valence electrons. The van der Waals surface area contributed by atoms with E-state index in [1.54, 1.807) is 33.5 Å². The SMILES string of the molecule is COc1cc(CNc2ccc(S(N)(=O)=O)cc2)cc(OC)c1OC. The molecule has 0 aliphatic heterocycles. The molecule has 0 saturated heterocycles. The highest BCUT2D eigenvalue weighted by Crippen LogP contribution is 2.38. The van der Waals surface area contributed by atoms with Gasteiger partial charge < -0.3 is 19.5 Å². The minimum atomic E-state index is -3.69. The number of rotatable bonds is 7. The number of nitrogens with two attached hydrogens (primary N) is 1. The van der Waals surface area contributed by atoms with Gasteiger partial charge in [-0.15, -0.1) is 0 Å². The van der Waals surface area contributed by atoms with Gasteiger partial charge in [-0.3, -0.25) is 0 Å². The average Bonchev–Trinajstić information content (AvgIpc) is 2.58. The zero-order valence-corrected chi connectivity index (χ0v) is 14.5. The normalized spacial score (nSPS) is 11.0. The van der Waals surface area contributed by atoms with Crippen LogP contribution >= 0.6 is 0 Å². The smallest absolute Gasteiger partial charge is 0.238 e. The van der Waals surface area contributed by atoms with Gasteiger partial charge in [0.1, 0.15) is 0 Å². The van der Waals surface area contributed by atoms with Crippen molar-refractivity contribution < 1.29 is 22.6 Å². The molecule has 0 bridgehead atoms. The molecule has 0 radical (unpaired) electrons. The van der Waals surface area contributed by atoms with Gasteiger partial charge in [-0.25, -0.2) is 13.6 Å². The number of benzene rings is 2. The molecule has 0 fully saturated rings. The van der Waals surface area contributed by atoms with Crippen molar-refractivity contribution in [3.8, 4) is 17.2 Å². The van der Waals surface area contributed by atoms with E-state index in [1.165, 1.54) is 12.1 Å².